The number of hydrogen-bond donors (Lipinski definition) is 2. The average Bonchev–Trinajstić information content (AvgIpc) is 3.10. The van der Waals surface area contributed by atoms with Crippen LogP contribution in [0, 0.1) is 11.3 Å². The molecule has 2 aromatic rings. The van der Waals surface area contributed by atoms with Gasteiger partial charge in [0, 0.05) is 12.2 Å². The lowest BCUT2D eigenvalue weighted by Crippen LogP contribution is -2.67. The van der Waals surface area contributed by atoms with Gasteiger partial charge in [-0.25, -0.2) is 0 Å². The number of rotatable bonds is 1. The van der Waals surface area contributed by atoms with E-state index in [1.165, 1.54) is 0 Å². The number of nitrogens with zero attached hydrogens (tertiary/aromatic N) is 1. The maximum atomic E-state index is 9.23. The van der Waals surface area contributed by atoms with Gasteiger partial charge in [0.05, 0.1) is 18.2 Å². The first-order chi connectivity index (χ1) is 13.5. The topological polar surface area (TPSA) is 89.5 Å². The van der Waals surface area contributed by atoms with Crippen LogP contribution in [0.5, 0.6) is 5.75 Å². The van der Waals surface area contributed by atoms with E-state index in [2.05, 4.69) is 24.4 Å². The Hall–Kier alpha value is -2.43. The molecule has 144 valence electrons. The summed E-state index contributed by atoms with van der Waals surface area (Å²) in [6.07, 6.45) is 1.13. The van der Waals surface area contributed by atoms with Crippen molar-refractivity contribution in [2.24, 2.45) is 5.73 Å². The molecule has 6 nitrogen and oxygen atoms in total. The summed E-state index contributed by atoms with van der Waals surface area (Å²) in [4.78, 5) is 0. The third-order valence-electron chi connectivity index (χ3n) is 6.12. The molecule has 1 spiro atoms. The monoisotopic (exact) mass is 377 g/mol. The molecule has 4 unspecified atom stereocenters. The highest BCUT2D eigenvalue weighted by Gasteiger charge is 2.60. The predicted molar refractivity (Wildman–Crippen MR) is 103 cm³/mol. The Balaban J connectivity index is 1.67. The van der Waals surface area contributed by atoms with Crippen molar-refractivity contribution >= 4 is 0 Å². The second-order valence-electron chi connectivity index (χ2n) is 8.02. The zero-order chi connectivity index (χ0) is 19.4. The summed E-state index contributed by atoms with van der Waals surface area (Å²) in [6, 6.07) is 16.0. The van der Waals surface area contributed by atoms with Gasteiger partial charge in [0.1, 0.15) is 23.0 Å². The smallest absolute Gasteiger partial charge is 0.161 e. The molecule has 0 aliphatic carbocycles. The first-order valence-corrected chi connectivity index (χ1v) is 9.65. The molecule has 0 saturated carbocycles. The van der Waals surface area contributed by atoms with Crippen molar-refractivity contribution in [2.75, 3.05) is 13.2 Å². The van der Waals surface area contributed by atoms with Gasteiger partial charge in [0.2, 0.25) is 0 Å². The minimum absolute atomic E-state index is 0.199. The molecule has 3 aliphatic heterocycles. The molecule has 5 rings (SSSR count). The van der Waals surface area contributed by atoms with Gasteiger partial charge < -0.3 is 14.2 Å². The van der Waals surface area contributed by atoms with Crippen LogP contribution in [0.3, 0.4) is 0 Å². The van der Waals surface area contributed by atoms with Crippen molar-refractivity contribution in [1.82, 2.24) is 5.32 Å². The van der Waals surface area contributed by atoms with Crippen molar-refractivity contribution in [3.8, 4) is 22.9 Å². The average molecular weight is 377 g/mol. The summed E-state index contributed by atoms with van der Waals surface area (Å²) in [6.45, 7) is 3.23. The van der Waals surface area contributed by atoms with Crippen molar-refractivity contribution in [3.05, 3.63) is 53.6 Å². The molecule has 4 atom stereocenters. The molecule has 3 N–H and O–H groups in total. The van der Waals surface area contributed by atoms with Crippen LogP contribution in [0.4, 0.5) is 0 Å². The van der Waals surface area contributed by atoms with Gasteiger partial charge in [-0.3, -0.25) is 11.1 Å². The quantitative estimate of drug-likeness (QED) is 0.794. The number of ether oxygens (including phenoxy) is 3. The van der Waals surface area contributed by atoms with Gasteiger partial charge in [-0.15, -0.1) is 0 Å². The first-order valence-electron chi connectivity index (χ1n) is 9.65. The first kappa shape index (κ1) is 17.7. The molecule has 6 heteroatoms. The molecule has 2 aromatic carbocycles. The lowest BCUT2D eigenvalue weighted by atomic mass is 9.71. The number of hydrogen-bond acceptors (Lipinski definition) is 6. The minimum Gasteiger partial charge on any atom is -0.484 e. The summed E-state index contributed by atoms with van der Waals surface area (Å²) >= 11 is 0. The molecule has 0 amide bonds. The highest BCUT2D eigenvalue weighted by molar-refractivity contribution is 5.68. The molecule has 0 radical (unpaired) electrons. The normalized spacial score (nSPS) is 33.6. The van der Waals surface area contributed by atoms with Crippen LogP contribution in [0.2, 0.25) is 0 Å². The van der Waals surface area contributed by atoms with Gasteiger partial charge in [0.15, 0.2) is 6.35 Å². The van der Waals surface area contributed by atoms with Crippen molar-refractivity contribution in [2.45, 2.75) is 43.4 Å². The molecular weight excluding hydrogens is 354 g/mol. The Labute approximate surface area is 164 Å². The van der Waals surface area contributed by atoms with Crippen LogP contribution in [0.1, 0.15) is 30.9 Å². The van der Waals surface area contributed by atoms with E-state index in [1.54, 1.807) is 6.07 Å². The highest BCUT2D eigenvalue weighted by Crippen LogP contribution is 2.51. The Morgan fingerprint density at radius 3 is 2.82 bits per heavy atom. The zero-order valence-electron chi connectivity index (χ0n) is 15.8. The van der Waals surface area contributed by atoms with Crippen molar-refractivity contribution in [1.29, 1.82) is 5.26 Å². The fourth-order valence-corrected chi connectivity index (χ4v) is 4.87. The Morgan fingerprint density at radius 2 is 2.04 bits per heavy atom. The van der Waals surface area contributed by atoms with E-state index in [4.69, 9.17) is 19.9 Å². The highest BCUT2D eigenvalue weighted by atomic mass is 16.6. The van der Waals surface area contributed by atoms with Crippen molar-refractivity contribution in [3.63, 3.8) is 0 Å². The number of nitrogens with two attached hydrogens (primary N) is 1. The van der Waals surface area contributed by atoms with E-state index >= 15 is 0 Å². The maximum absolute atomic E-state index is 9.23. The lowest BCUT2D eigenvalue weighted by molar-refractivity contribution is -0.170. The minimum atomic E-state index is -0.564. The van der Waals surface area contributed by atoms with Gasteiger partial charge in [-0.1, -0.05) is 18.2 Å². The second-order valence-corrected chi connectivity index (χ2v) is 8.02. The maximum Gasteiger partial charge on any atom is 0.161 e. The molecule has 3 aliphatic rings. The van der Waals surface area contributed by atoms with Crippen molar-refractivity contribution < 1.29 is 14.2 Å². The van der Waals surface area contributed by atoms with E-state index in [9.17, 15) is 5.26 Å². The fourth-order valence-electron chi connectivity index (χ4n) is 4.87. The van der Waals surface area contributed by atoms with Gasteiger partial charge >= 0.3 is 0 Å². The Kier molecular flexibility index (Phi) is 3.97. The third kappa shape index (κ3) is 2.55. The van der Waals surface area contributed by atoms with Crippen LogP contribution >= 0.6 is 0 Å². The lowest BCUT2D eigenvalue weighted by Gasteiger charge is -2.53. The summed E-state index contributed by atoms with van der Waals surface area (Å²) in [7, 11) is 0. The van der Waals surface area contributed by atoms with E-state index < -0.39 is 17.5 Å². The number of nitrogens with one attached hydrogen (secondary N) is 1. The summed E-state index contributed by atoms with van der Waals surface area (Å²) in [5.74, 6) is 0.828. The SMILES string of the molecule is CC12CCCOC1C1(COC(N)N1)c1cc(-c3cccc(C#N)c3)ccc1O2. The molecule has 0 bridgehead atoms. The summed E-state index contributed by atoms with van der Waals surface area (Å²) < 4.78 is 18.5. The van der Waals surface area contributed by atoms with Crippen LogP contribution in [-0.2, 0) is 15.0 Å². The van der Waals surface area contributed by atoms with Crippen LogP contribution in [0.25, 0.3) is 11.1 Å². The molecule has 2 fully saturated rings. The third-order valence-corrected chi connectivity index (χ3v) is 6.12. The molecular formula is C22H23N3O3. The number of benzene rings is 2. The fraction of sp³-hybridized carbons (Fsp3) is 0.409. The van der Waals surface area contributed by atoms with Crippen LogP contribution < -0.4 is 15.8 Å². The number of nitriles is 1. The van der Waals surface area contributed by atoms with Crippen LogP contribution in [0.15, 0.2) is 42.5 Å². The standard InChI is InChI=1S/C22H23N3O3/c1-21-8-3-9-26-19(21)22(13-27-20(24)25-22)17-11-16(6-7-18(17)28-21)15-5-2-4-14(10-15)12-23/h2,4-7,10-11,19-20,25H,3,8-9,13,24H2,1H3. The van der Waals surface area contributed by atoms with Gasteiger partial charge in [0.25, 0.3) is 0 Å². The summed E-state index contributed by atoms with van der Waals surface area (Å²) in [5, 5.41) is 12.7. The van der Waals surface area contributed by atoms with Gasteiger partial charge in [-0.2, -0.15) is 5.26 Å². The predicted octanol–water partition coefficient (Wildman–Crippen LogP) is 2.61. The van der Waals surface area contributed by atoms with E-state index in [0.29, 0.717) is 18.8 Å². The number of fused-ring (bicyclic) bond motifs is 4. The Morgan fingerprint density at radius 1 is 1.18 bits per heavy atom. The molecule has 28 heavy (non-hydrogen) atoms. The Bertz CT molecular complexity index is 972. The summed E-state index contributed by atoms with van der Waals surface area (Å²) in [5.41, 5.74) is 8.70. The van der Waals surface area contributed by atoms with Gasteiger partial charge in [-0.05, 0) is 55.2 Å². The molecule has 0 aromatic heterocycles. The second kappa shape index (κ2) is 6.29. The largest absolute Gasteiger partial charge is 0.484 e. The molecule has 3 heterocycles. The molecule has 2 saturated heterocycles. The van der Waals surface area contributed by atoms with Crippen LogP contribution in [-0.4, -0.2) is 31.3 Å². The van der Waals surface area contributed by atoms with E-state index in [0.717, 1.165) is 35.3 Å². The zero-order valence-corrected chi connectivity index (χ0v) is 15.8. The van der Waals surface area contributed by atoms with E-state index in [-0.39, 0.29) is 6.10 Å². The van der Waals surface area contributed by atoms with E-state index in [1.807, 2.05) is 30.3 Å².